The van der Waals surface area contributed by atoms with Crippen LogP contribution in [-0.2, 0) is 11.2 Å². The molecule has 1 fully saturated rings. The Labute approximate surface area is 181 Å². The smallest absolute Gasteiger partial charge is 0.303 e. The molecule has 1 aliphatic rings. The molecule has 1 amide bonds. The van der Waals surface area contributed by atoms with Crippen LogP contribution in [0.2, 0.25) is 0 Å². The Morgan fingerprint density at radius 1 is 0.903 bits per heavy atom. The maximum absolute atomic E-state index is 12.9. The molecule has 0 radical (unpaired) electrons. The van der Waals surface area contributed by atoms with Crippen LogP contribution >= 0.6 is 0 Å². The maximum Gasteiger partial charge on any atom is 0.303 e. The van der Waals surface area contributed by atoms with E-state index in [0.717, 1.165) is 54.8 Å². The van der Waals surface area contributed by atoms with Gasteiger partial charge < -0.3 is 10.0 Å². The highest BCUT2D eigenvalue weighted by Crippen LogP contribution is 2.26. The molecular formula is C25H27N3O3. The summed E-state index contributed by atoms with van der Waals surface area (Å²) in [6.07, 6.45) is 5.40. The van der Waals surface area contributed by atoms with Crippen LogP contribution in [0.5, 0.6) is 0 Å². The van der Waals surface area contributed by atoms with Crippen molar-refractivity contribution in [3.8, 4) is 11.3 Å². The summed E-state index contributed by atoms with van der Waals surface area (Å²) in [4.78, 5) is 35.4. The number of nitrogens with zero attached hydrogens (tertiary/aromatic N) is 3. The molecule has 2 heterocycles. The van der Waals surface area contributed by atoms with Crippen molar-refractivity contribution in [2.24, 2.45) is 0 Å². The number of hydrogen-bond donors (Lipinski definition) is 1. The molecule has 3 aromatic rings. The molecule has 0 unspecified atom stereocenters. The van der Waals surface area contributed by atoms with Gasteiger partial charge in [0.15, 0.2) is 0 Å². The first-order chi connectivity index (χ1) is 15.1. The minimum atomic E-state index is -0.784. The average Bonchev–Trinajstić information content (AvgIpc) is 2.81. The lowest BCUT2D eigenvalue weighted by Gasteiger charge is -2.26. The first-order valence-electron chi connectivity index (χ1n) is 11.0. The van der Waals surface area contributed by atoms with Crippen molar-refractivity contribution in [2.45, 2.75) is 44.9 Å². The fraction of sp³-hybridized carbons (Fsp3) is 0.360. The van der Waals surface area contributed by atoms with Crippen LogP contribution in [0, 0.1) is 0 Å². The van der Waals surface area contributed by atoms with Gasteiger partial charge in [-0.25, -0.2) is 9.97 Å². The van der Waals surface area contributed by atoms with Gasteiger partial charge in [0, 0.05) is 30.6 Å². The van der Waals surface area contributed by atoms with Gasteiger partial charge in [-0.3, -0.25) is 9.59 Å². The fourth-order valence-electron chi connectivity index (χ4n) is 4.07. The van der Waals surface area contributed by atoms with E-state index in [1.165, 1.54) is 6.42 Å². The number of likely N-dealkylation sites (tertiary alicyclic amines) is 1. The third-order valence-corrected chi connectivity index (χ3v) is 5.73. The molecule has 31 heavy (non-hydrogen) atoms. The number of aliphatic carboxylic acids is 1. The summed E-state index contributed by atoms with van der Waals surface area (Å²) in [6, 6.07) is 15.5. The summed E-state index contributed by atoms with van der Waals surface area (Å²) in [6.45, 7) is 1.62. The Morgan fingerprint density at radius 2 is 1.68 bits per heavy atom. The second-order valence-corrected chi connectivity index (χ2v) is 8.04. The monoisotopic (exact) mass is 417 g/mol. The number of carbonyl (C=O) groups excluding carboxylic acids is 1. The van der Waals surface area contributed by atoms with Gasteiger partial charge in [-0.05, 0) is 56.7 Å². The molecule has 160 valence electrons. The van der Waals surface area contributed by atoms with Gasteiger partial charge in [-0.1, -0.05) is 30.3 Å². The second-order valence-electron chi connectivity index (χ2n) is 8.04. The van der Waals surface area contributed by atoms with E-state index < -0.39 is 5.97 Å². The summed E-state index contributed by atoms with van der Waals surface area (Å²) in [5.41, 5.74) is 4.75. The predicted molar refractivity (Wildman–Crippen MR) is 120 cm³/mol. The lowest BCUT2D eigenvalue weighted by atomic mass is 10.0. The van der Waals surface area contributed by atoms with Crippen molar-refractivity contribution >= 4 is 22.9 Å². The molecule has 0 atom stereocenters. The number of carboxylic acids is 1. The number of carbonyl (C=O) groups is 2. The van der Waals surface area contributed by atoms with E-state index in [1.54, 1.807) is 0 Å². The zero-order chi connectivity index (χ0) is 21.6. The van der Waals surface area contributed by atoms with Gasteiger partial charge in [-0.2, -0.15) is 0 Å². The predicted octanol–water partition coefficient (Wildman–Crippen LogP) is 4.72. The summed E-state index contributed by atoms with van der Waals surface area (Å²) in [5.74, 6) is -0.729. The molecule has 0 spiro atoms. The van der Waals surface area contributed by atoms with E-state index in [9.17, 15) is 9.59 Å². The standard InChI is InChI=1S/C25H27N3O3/c29-23(30)12-6-5-11-21-24(18-9-3-1-4-10-18)27-20-14-13-19(17-22(20)26-21)25(31)28-15-7-2-8-16-28/h1,3-4,9-10,13-14,17H,2,5-8,11-12,15-16H2,(H,29,30). The van der Waals surface area contributed by atoms with Crippen molar-refractivity contribution in [2.75, 3.05) is 13.1 Å². The van der Waals surface area contributed by atoms with Gasteiger partial charge in [0.2, 0.25) is 0 Å². The third-order valence-electron chi connectivity index (χ3n) is 5.73. The van der Waals surface area contributed by atoms with E-state index >= 15 is 0 Å². The minimum absolute atomic E-state index is 0.0542. The van der Waals surface area contributed by atoms with Crippen LogP contribution in [0.15, 0.2) is 48.5 Å². The Kier molecular flexibility index (Phi) is 6.55. The fourth-order valence-corrected chi connectivity index (χ4v) is 4.07. The van der Waals surface area contributed by atoms with Crippen LogP contribution < -0.4 is 0 Å². The number of hydrogen-bond acceptors (Lipinski definition) is 4. The molecule has 0 aliphatic carbocycles. The molecule has 4 rings (SSSR count). The number of aromatic nitrogens is 2. The summed E-state index contributed by atoms with van der Waals surface area (Å²) in [5, 5.41) is 8.91. The number of fused-ring (bicyclic) bond motifs is 1. The van der Waals surface area contributed by atoms with E-state index in [2.05, 4.69) is 0 Å². The molecule has 6 nitrogen and oxygen atoms in total. The average molecular weight is 418 g/mol. The molecule has 1 aliphatic heterocycles. The van der Waals surface area contributed by atoms with E-state index in [0.29, 0.717) is 23.9 Å². The molecule has 1 N–H and O–H groups in total. The van der Waals surface area contributed by atoms with Crippen molar-refractivity contribution in [3.05, 3.63) is 59.8 Å². The SMILES string of the molecule is O=C(O)CCCCc1nc2cc(C(=O)N3CCCCC3)ccc2nc1-c1ccccc1. The number of aryl methyl sites for hydroxylation is 1. The van der Waals surface area contributed by atoms with Crippen molar-refractivity contribution in [3.63, 3.8) is 0 Å². The summed E-state index contributed by atoms with van der Waals surface area (Å²) < 4.78 is 0. The van der Waals surface area contributed by atoms with E-state index in [4.69, 9.17) is 15.1 Å². The quantitative estimate of drug-likeness (QED) is 0.563. The Balaban J connectivity index is 1.66. The molecule has 1 aromatic heterocycles. The summed E-state index contributed by atoms with van der Waals surface area (Å²) in [7, 11) is 0. The lowest BCUT2D eigenvalue weighted by Crippen LogP contribution is -2.35. The molecule has 6 heteroatoms. The van der Waals surface area contributed by atoms with Crippen molar-refractivity contribution in [1.82, 2.24) is 14.9 Å². The van der Waals surface area contributed by atoms with Crippen molar-refractivity contribution in [1.29, 1.82) is 0 Å². The zero-order valence-electron chi connectivity index (χ0n) is 17.6. The topological polar surface area (TPSA) is 83.4 Å². The first-order valence-corrected chi connectivity index (χ1v) is 11.0. The van der Waals surface area contributed by atoms with Crippen LogP contribution in [0.25, 0.3) is 22.3 Å². The van der Waals surface area contributed by atoms with E-state index in [1.807, 2.05) is 53.4 Å². The Bertz CT molecular complexity index is 1080. The van der Waals surface area contributed by atoms with Crippen molar-refractivity contribution < 1.29 is 14.7 Å². The normalized spacial score (nSPS) is 14.0. The van der Waals surface area contributed by atoms with Gasteiger partial charge in [-0.15, -0.1) is 0 Å². The largest absolute Gasteiger partial charge is 0.481 e. The van der Waals surface area contributed by atoms with Gasteiger partial charge in [0.25, 0.3) is 5.91 Å². The lowest BCUT2D eigenvalue weighted by molar-refractivity contribution is -0.137. The molecule has 2 aromatic carbocycles. The van der Waals surface area contributed by atoms with Gasteiger partial charge >= 0.3 is 5.97 Å². The minimum Gasteiger partial charge on any atom is -0.481 e. The highest BCUT2D eigenvalue weighted by Gasteiger charge is 2.19. The second kappa shape index (κ2) is 9.69. The first kappa shape index (κ1) is 21.0. The maximum atomic E-state index is 12.9. The van der Waals surface area contributed by atoms with Gasteiger partial charge in [0.05, 0.1) is 22.4 Å². The number of benzene rings is 2. The number of carboxylic acid groups (broad SMARTS) is 1. The van der Waals surface area contributed by atoms with Crippen LogP contribution in [-0.4, -0.2) is 44.9 Å². The Hall–Kier alpha value is -3.28. The number of piperidine rings is 1. The molecule has 0 bridgehead atoms. The highest BCUT2D eigenvalue weighted by atomic mass is 16.4. The number of unbranched alkanes of at least 4 members (excludes halogenated alkanes) is 1. The van der Waals surface area contributed by atoms with Gasteiger partial charge in [0.1, 0.15) is 0 Å². The molecule has 0 saturated carbocycles. The van der Waals surface area contributed by atoms with E-state index in [-0.39, 0.29) is 12.3 Å². The summed E-state index contributed by atoms with van der Waals surface area (Å²) >= 11 is 0. The molecular weight excluding hydrogens is 390 g/mol. The Morgan fingerprint density at radius 3 is 2.42 bits per heavy atom. The van der Waals surface area contributed by atoms with Crippen LogP contribution in [0.4, 0.5) is 0 Å². The number of rotatable bonds is 7. The zero-order valence-corrected chi connectivity index (χ0v) is 17.6. The van der Waals surface area contributed by atoms with Crippen LogP contribution in [0.1, 0.15) is 54.6 Å². The number of amides is 1. The highest BCUT2D eigenvalue weighted by molar-refractivity contribution is 5.97. The third kappa shape index (κ3) is 5.08. The molecule has 1 saturated heterocycles. The van der Waals surface area contributed by atoms with Crippen LogP contribution in [0.3, 0.4) is 0 Å².